The molecule has 0 saturated carbocycles. The first-order valence-electron chi connectivity index (χ1n) is 9.04. The van der Waals surface area contributed by atoms with Gasteiger partial charge in [0.05, 0.1) is 19.6 Å². The number of hydrogen-bond acceptors (Lipinski definition) is 4. The Hall–Kier alpha value is -2.86. The summed E-state index contributed by atoms with van der Waals surface area (Å²) in [5.74, 6) is 0.571. The number of para-hydroxylation sites is 1. The second kappa shape index (κ2) is 9.19. The number of carbonyl (C=O) groups excluding carboxylic acids is 2. The summed E-state index contributed by atoms with van der Waals surface area (Å²) < 4.78 is 10.8. The molecule has 2 amide bonds. The molecule has 0 spiro atoms. The predicted molar refractivity (Wildman–Crippen MR) is 103 cm³/mol. The maximum atomic E-state index is 12.3. The van der Waals surface area contributed by atoms with E-state index in [-0.39, 0.29) is 18.4 Å². The molecule has 0 bridgehead atoms. The van der Waals surface area contributed by atoms with Crippen molar-refractivity contribution in [1.29, 1.82) is 0 Å². The number of nitrogens with one attached hydrogen (secondary N) is 1. The quantitative estimate of drug-likeness (QED) is 0.850. The van der Waals surface area contributed by atoms with Gasteiger partial charge in [0.15, 0.2) is 6.61 Å². The summed E-state index contributed by atoms with van der Waals surface area (Å²) in [6.07, 6.45) is 0.352. The van der Waals surface area contributed by atoms with Crippen LogP contribution < -0.4 is 10.1 Å². The van der Waals surface area contributed by atoms with Crippen molar-refractivity contribution in [3.05, 3.63) is 59.7 Å². The molecule has 142 valence electrons. The number of anilines is 1. The van der Waals surface area contributed by atoms with Gasteiger partial charge in [-0.3, -0.25) is 9.59 Å². The van der Waals surface area contributed by atoms with Crippen LogP contribution >= 0.6 is 0 Å². The summed E-state index contributed by atoms with van der Waals surface area (Å²) in [5.41, 5.74) is 2.58. The van der Waals surface area contributed by atoms with E-state index in [2.05, 4.69) is 5.32 Å². The largest absolute Gasteiger partial charge is 0.483 e. The Morgan fingerprint density at radius 2 is 1.78 bits per heavy atom. The molecule has 1 aliphatic heterocycles. The highest BCUT2D eigenvalue weighted by atomic mass is 16.5. The Bertz CT molecular complexity index is 783. The molecule has 2 aromatic rings. The number of amides is 2. The molecule has 1 N–H and O–H groups in total. The standard InChI is InChI=1S/C21H24N2O4/c1-16-4-2-3-5-19(16)27-15-20(24)22-18-8-6-17(7-9-18)14-21(25)23-10-12-26-13-11-23/h2-9H,10-15H2,1H3,(H,22,24). The first-order valence-corrected chi connectivity index (χ1v) is 9.04. The van der Waals surface area contributed by atoms with E-state index in [4.69, 9.17) is 9.47 Å². The topological polar surface area (TPSA) is 67.9 Å². The van der Waals surface area contributed by atoms with Gasteiger partial charge in [0.25, 0.3) is 5.91 Å². The van der Waals surface area contributed by atoms with Crippen LogP contribution in [0.15, 0.2) is 48.5 Å². The van der Waals surface area contributed by atoms with Crippen LogP contribution in [-0.4, -0.2) is 49.6 Å². The van der Waals surface area contributed by atoms with E-state index in [0.29, 0.717) is 44.2 Å². The number of rotatable bonds is 6. The highest BCUT2D eigenvalue weighted by molar-refractivity contribution is 5.92. The fraction of sp³-hybridized carbons (Fsp3) is 0.333. The molecular formula is C21H24N2O4. The van der Waals surface area contributed by atoms with Gasteiger partial charge in [0.2, 0.25) is 5.91 Å². The van der Waals surface area contributed by atoms with Crippen molar-refractivity contribution in [2.45, 2.75) is 13.3 Å². The van der Waals surface area contributed by atoms with Crippen molar-refractivity contribution >= 4 is 17.5 Å². The Morgan fingerprint density at radius 1 is 1.07 bits per heavy atom. The second-order valence-electron chi connectivity index (χ2n) is 6.47. The molecule has 1 heterocycles. The summed E-state index contributed by atoms with van der Waals surface area (Å²) in [6, 6.07) is 14.9. The Balaban J connectivity index is 1.47. The average Bonchev–Trinajstić information content (AvgIpc) is 2.69. The molecule has 2 aromatic carbocycles. The summed E-state index contributed by atoms with van der Waals surface area (Å²) in [7, 11) is 0. The van der Waals surface area contributed by atoms with Crippen molar-refractivity contribution in [2.75, 3.05) is 38.2 Å². The van der Waals surface area contributed by atoms with Crippen molar-refractivity contribution in [3.63, 3.8) is 0 Å². The maximum Gasteiger partial charge on any atom is 0.262 e. The Kier molecular flexibility index (Phi) is 6.44. The molecule has 27 heavy (non-hydrogen) atoms. The molecule has 3 rings (SSSR count). The summed E-state index contributed by atoms with van der Waals surface area (Å²) in [5, 5.41) is 2.80. The molecule has 0 aromatic heterocycles. The molecule has 1 saturated heterocycles. The first kappa shape index (κ1) is 18.9. The molecule has 0 unspecified atom stereocenters. The molecule has 0 atom stereocenters. The fourth-order valence-electron chi connectivity index (χ4n) is 2.86. The summed E-state index contributed by atoms with van der Waals surface area (Å²) in [4.78, 5) is 26.1. The highest BCUT2D eigenvalue weighted by Gasteiger charge is 2.16. The first-order chi connectivity index (χ1) is 13.1. The number of ether oxygens (including phenoxy) is 2. The average molecular weight is 368 g/mol. The molecule has 6 heteroatoms. The third-order valence-corrected chi connectivity index (χ3v) is 4.41. The third-order valence-electron chi connectivity index (χ3n) is 4.41. The summed E-state index contributed by atoms with van der Waals surface area (Å²) in [6.45, 7) is 4.37. The molecule has 6 nitrogen and oxygen atoms in total. The van der Waals surface area contributed by atoms with E-state index in [9.17, 15) is 9.59 Å². The number of aryl methyl sites for hydroxylation is 1. The number of morpholine rings is 1. The van der Waals surface area contributed by atoms with Crippen molar-refractivity contribution < 1.29 is 19.1 Å². The van der Waals surface area contributed by atoms with E-state index < -0.39 is 0 Å². The monoisotopic (exact) mass is 368 g/mol. The van der Waals surface area contributed by atoms with Crippen LogP contribution in [0.25, 0.3) is 0 Å². The SMILES string of the molecule is Cc1ccccc1OCC(=O)Nc1ccc(CC(=O)N2CCOCC2)cc1. The van der Waals surface area contributed by atoms with Gasteiger partial charge in [-0.1, -0.05) is 30.3 Å². The summed E-state index contributed by atoms with van der Waals surface area (Å²) >= 11 is 0. The molecular weight excluding hydrogens is 344 g/mol. The number of carbonyl (C=O) groups is 2. The number of hydrogen-bond donors (Lipinski definition) is 1. The lowest BCUT2D eigenvalue weighted by atomic mass is 10.1. The van der Waals surface area contributed by atoms with Crippen molar-refractivity contribution in [2.24, 2.45) is 0 Å². The lowest BCUT2D eigenvalue weighted by molar-refractivity contribution is -0.134. The zero-order chi connectivity index (χ0) is 19.1. The zero-order valence-electron chi connectivity index (χ0n) is 15.4. The fourth-order valence-corrected chi connectivity index (χ4v) is 2.86. The van der Waals surface area contributed by atoms with Crippen LogP contribution in [0.5, 0.6) is 5.75 Å². The van der Waals surface area contributed by atoms with E-state index in [1.54, 1.807) is 12.1 Å². The highest BCUT2D eigenvalue weighted by Crippen LogP contribution is 2.16. The van der Waals surface area contributed by atoms with Crippen LogP contribution in [0, 0.1) is 6.92 Å². The van der Waals surface area contributed by atoms with Gasteiger partial charge < -0.3 is 19.7 Å². The van der Waals surface area contributed by atoms with Gasteiger partial charge in [0, 0.05) is 18.8 Å². The third kappa shape index (κ3) is 5.56. The van der Waals surface area contributed by atoms with Crippen LogP contribution in [0.3, 0.4) is 0 Å². The smallest absolute Gasteiger partial charge is 0.262 e. The minimum absolute atomic E-state index is 0.0535. The number of nitrogens with zero attached hydrogens (tertiary/aromatic N) is 1. The Morgan fingerprint density at radius 3 is 2.48 bits per heavy atom. The van der Waals surface area contributed by atoms with Crippen molar-refractivity contribution in [1.82, 2.24) is 4.90 Å². The minimum Gasteiger partial charge on any atom is -0.483 e. The molecule has 0 aliphatic carbocycles. The second-order valence-corrected chi connectivity index (χ2v) is 6.47. The van der Waals surface area contributed by atoms with Gasteiger partial charge >= 0.3 is 0 Å². The number of benzene rings is 2. The van der Waals surface area contributed by atoms with E-state index in [0.717, 1.165) is 11.1 Å². The van der Waals surface area contributed by atoms with Crippen LogP contribution in [0.2, 0.25) is 0 Å². The zero-order valence-corrected chi connectivity index (χ0v) is 15.4. The molecule has 1 aliphatic rings. The van der Waals surface area contributed by atoms with Gasteiger partial charge in [0.1, 0.15) is 5.75 Å². The van der Waals surface area contributed by atoms with E-state index in [1.807, 2.05) is 48.2 Å². The minimum atomic E-state index is -0.226. The normalized spacial score (nSPS) is 13.9. The molecule has 1 fully saturated rings. The van der Waals surface area contributed by atoms with E-state index in [1.165, 1.54) is 0 Å². The van der Waals surface area contributed by atoms with Gasteiger partial charge in [-0.05, 0) is 36.2 Å². The lowest BCUT2D eigenvalue weighted by Crippen LogP contribution is -2.41. The van der Waals surface area contributed by atoms with Gasteiger partial charge in [-0.2, -0.15) is 0 Å². The molecule has 0 radical (unpaired) electrons. The van der Waals surface area contributed by atoms with Crippen LogP contribution in [0.4, 0.5) is 5.69 Å². The lowest BCUT2D eigenvalue weighted by Gasteiger charge is -2.26. The van der Waals surface area contributed by atoms with Gasteiger partial charge in [-0.15, -0.1) is 0 Å². The Labute approximate surface area is 159 Å². The maximum absolute atomic E-state index is 12.3. The van der Waals surface area contributed by atoms with Crippen LogP contribution in [-0.2, 0) is 20.7 Å². The van der Waals surface area contributed by atoms with Gasteiger partial charge in [-0.25, -0.2) is 0 Å². The van der Waals surface area contributed by atoms with Crippen molar-refractivity contribution in [3.8, 4) is 5.75 Å². The van der Waals surface area contributed by atoms with Crippen LogP contribution in [0.1, 0.15) is 11.1 Å². The van der Waals surface area contributed by atoms with E-state index >= 15 is 0 Å². The predicted octanol–water partition coefficient (Wildman–Crippen LogP) is 2.41.